The average Bonchev–Trinajstić information content (AvgIpc) is 3.31. The van der Waals surface area contributed by atoms with Gasteiger partial charge < -0.3 is 15.2 Å². The minimum atomic E-state index is -0.597. The van der Waals surface area contributed by atoms with Gasteiger partial charge in [0.1, 0.15) is 17.2 Å². The van der Waals surface area contributed by atoms with Gasteiger partial charge in [0, 0.05) is 6.54 Å². The second-order valence-electron chi connectivity index (χ2n) is 9.05. The fourth-order valence-electron chi connectivity index (χ4n) is 3.87. The Kier molecular flexibility index (Phi) is 5.58. The van der Waals surface area contributed by atoms with Crippen LogP contribution in [0.25, 0.3) is 11.3 Å². The summed E-state index contributed by atoms with van der Waals surface area (Å²) in [5.41, 5.74) is 8.81. The molecular formula is C23H30N6O3. The lowest BCUT2D eigenvalue weighted by Crippen LogP contribution is -2.42. The molecule has 0 spiro atoms. The topological polar surface area (TPSA) is 100 Å². The molecule has 0 bridgehead atoms. The number of rotatable bonds is 4. The number of hydrogen-bond donors (Lipinski definition) is 1. The molecule has 0 radical (unpaired) electrons. The van der Waals surface area contributed by atoms with Crippen molar-refractivity contribution in [2.75, 3.05) is 24.3 Å². The van der Waals surface area contributed by atoms with Crippen LogP contribution in [0.15, 0.2) is 36.7 Å². The van der Waals surface area contributed by atoms with Crippen LogP contribution in [0.4, 0.5) is 16.3 Å². The van der Waals surface area contributed by atoms with E-state index < -0.39 is 11.7 Å². The van der Waals surface area contributed by atoms with E-state index in [-0.39, 0.29) is 6.04 Å². The quantitative estimate of drug-likeness (QED) is 0.658. The van der Waals surface area contributed by atoms with Gasteiger partial charge in [-0.05, 0) is 51.8 Å². The molecule has 4 rings (SSSR count). The molecule has 3 heterocycles. The molecule has 1 aromatic carbocycles. The Labute approximate surface area is 187 Å². The van der Waals surface area contributed by atoms with Crippen molar-refractivity contribution in [1.29, 1.82) is 0 Å². The molecule has 170 valence electrons. The van der Waals surface area contributed by atoms with E-state index in [9.17, 15) is 4.79 Å². The van der Waals surface area contributed by atoms with Crippen molar-refractivity contribution in [3.05, 3.63) is 42.2 Å². The summed E-state index contributed by atoms with van der Waals surface area (Å²) in [6, 6.07) is 7.95. The van der Waals surface area contributed by atoms with Crippen LogP contribution in [0.5, 0.6) is 5.75 Å². The molecule has 1 atom stereocenters. The number of benzene rings is 1. The average molecular weight is 439 g/mol. The molecule has 9 nitrogen and oxygen atoms in total. The number of aromatic nitrogens is 4. The van der Waals surface area contributed by atoms with Crippen LogP contribution in [0.3, 0.4) is 0 Å². The van der Waals surface area contributed by atoms with E-state index >= 15 is 0 Å². The number of anilines is 2. The Hall–Kier alpha value is -3.49. The number of amides is 1. The first-order valence-electron chi connectivity index (χ1n) is 10.7. The van der Waals surface area contributed by atoms with Crippen LogP contribution in [-0.2, 0) is 11.3 Å². The highest BCUT2D eigenvalue weighted by molar-refractivity contribution is 5.94. The van der Waals surface area contributed by atoms with Gasteiger partial charge in [-0.25, -0.2) is 9.48 Å². The highest BCUT2D eigenvalue weighted by Gasteiger charge is 2.34. The number of fused-ring (bicyclic) bond motifs is 1. The minimum Gasteiger partial charge on any atom is -0.497 e. The molecule has 2 N–H and O–H groups in total. The molecule has 1 aliphatic heterocycles. The van der Waals surface area contributed by atoms with Crippen LogP contribution >= 0.6 is 0 Å². The van der Waals surface area contributed by atoms with Crippen molar-refractivity contribution in [2.45, 2.75) is 52.3 Å². The number of methoxy groups -OCH3 is 1. The molecule has 1 amide bonds. The zero-order chi connectivity index (χ0) is 23.0. The smallest absolute Gasteiger partial charge is 0.416 e. The largest absolute Gasteiger partial charge is 0.497 e. The van der Waals surface area contributed by atoms with Crippen LogP contribution in [0.2, 0.25) is 0 Å². The summed E-state index contributed by atoms with van der Waals surface area (Å²) in [5, 5.41) is 9.08. The molecule has 3 aromatic rings. The lowest BCUT2D eigenvalue weighted by Gasteiger charge is -2.33. The summed E-state index contributed by atoms with van der Waals surface area (Å²) in [5.74, 6) is 1.47. The van der Waals surface area contributed by atoms with E-state index in [1.165, 1.54) is 0 Å². The number of carbonyl (C=O) groups is 1. The highest BCUT2D eigenvalue weighted by atomic mass is 16.6. The second-order valence-corrected chi connectivity index (χ2v) is 9.05. The molecule has 1 aliphatic rings. The zero-order valence-corrected chi connectivity index (χ0v) is 19.2. The summed E-state index contributed by atoms with van der Waals surface area (Å²) >= 11 is 0. The summed E-state index contributed by atoms with van der Waals surface area (Å²) in [6.45, 7) is 8.72. The van der Waals surface area contributed by atoms with Gasteiger partial charge in [0.25, 0.3) is 0 Å². The lowest BCUT2D eigenvalue weighted by atomic mass is 10.1. The number of nitrogen functional groups attached to an aromatic ring is 1. The standard InChI is InChI=1S/C23H30N6O3/c1-15-10-11-27(22(30)32-23(2,3)4)21-18(12-26-29(15)21)20-19(24)13-25-28(20)14-16-6-8-17(31-5)9-7-16/h6-9,12-13,15H,10-11,14,24H2,1-5H3. The van der Waals surface area contributed by atoms with Gasteiger partial charge in [0.2, 0.25) is 0 Å². The Morgan fingerprint density at radius 2 is 1.91 bits per heavy atom. The van der Waals surface area contributed by atoms with E-state index in [0.717, 1.165) is 29.0 Å². The maximum Gasteiger partial charge on any atom is 0.416 e. The number of carbonyl (C=O) groups excluding carboxylic acids is 1. The van der Waals surface area contributed by atoms with Crippen molar-refractivity contribution >= 4 is 17.6 Å². The third-order valence-corrected chi connectivity index (χ3v) is 5.44. The maximum atomic E-state index is 13.0. The minimum absolute atomic E-state index is 0.150. The Morgan fingerprint density at radius 1 is 1.19 bits per heavy atom. The van der Waals surface area contributed by atoms with E-state index in [1.54, 1.807) is 24.4 Å². The Bertz CT molecular complexity index is 1110. The van der Waals surface area contributed by atoms with Crippen molar-refractivity contribution < 1.29 is 14.3 Å². The van der Waals surface area contributed by atoms with Crippen molar-refractivity contribution in [1.82, 2.24) is 19.6 Å². The Balaban J connectivity index is 1.74. The molecule has 32 heavy (non-hydrogen) atoms. The Morgan fingerprint density at radius 3 is 2.56 bits per heavy atom. The van der Waals surface area contributed by atoms with Gasteiger partial charge in [0.05, 0.1) is 49.0 Å². The fourth-order valence-corrected chi connectivity index (χ4v) is 3.87. The third-order valence-electron chi connectivity index (χ3n) is 5.44. The molecule has 0 aliphatic carbocycles. The first kappa shape index (κ1) is 21.7. The molecule has 0 saturated heterocycles. The van der Waals surface area contributed by atoms with Gasteiger partial charge in [0.15, 0.2) is 0 Å². The maximum absolute atomic E-state index is 13.0. The van der Waals surface area contributed by atoms with E-state index in [1.807, 2.05) is 54.4 Å². The molecule has 9 heteroatoms. The van der Waals surface area contributed by atoms with Crippen molar-refractivity contribution in [3.63, 3.8) is 0 Å². The van der Waals surface area contributed by atoms with Crippen LogP contribution in [0.1, 0.15) is 45.7 Å². The first-order valence-corrected chi connectivity index (χ1v) is 10.7. The molecular weight excluding hydrogens is 408 g/mol. The van der Waals surface area contributed by atoms with Crippen LogP contribution in [0, 0.1) is 0 Å². The predicted molar refractivity (Wildman–Crippen MR) is 123 cm³/mol. The molecule has 0 fully saturated rings. The second kappa shape index (κ2) is 8.22. The van der Waals surface area contributed by atoms with Crippen LogP contribution in [-0.4, -0.2) is 44.9 Å². The third kappa shape index (κ3) is 4.15. The summed E-state index contributed by atoms with van der Waals surface area (Å²) in [4.78, 5) is 14.7. The monoisotopic (exact) mass is 438 g/mol. The zero-order valence-electron chi connectivity index (χ0n) is 19.2. The van der Waals surface area contributed by atoms with Crippen LogP contribution < -0.4 is 15.4 Å². The number of hydrogen-bond acceptors (Lipinski definition) is 6. The number of nitrogens with two attached hydrogens (primary N) is 1. The fraction of sp³-hybridized carbons (Fsp3) is 0.435. The van der Waals surface area contributed by atoms with Gasteiger partial charge >= 0.3 is 6.09 Å². The van der Waals surface area contributed by atoms with Gasteiger partial charge in [-0.1, -0.05) is 12.1 Å². The summed E-state index contributed by atoms with van der Waals surface area (Å²) < 4.78 is 14.6. The van der Waals surface area contributed by atoms with E-state index in [0.29, 0.717) is 24.6 Å². The number of ether oxygens (including phenoxy) is 2. The molecule has 1 unspecified atom stereocenters. The van der Waals surface area contributed by atoms with Crippen molar-refractivity contribution in [3.8, 4) is 17.0 Å². The van der Waals surface area contributed by atoms with Gasteiger partial charge in [-0.2, -0.15) is 10.2 Å². The predicted octanol–water partition coefficient (Wildman–Crippen LogP) is 4.09. The molecule has 0 saturated carbocycles. The number of nitrogens with zero attached hydrogens (tertiary/aromatic N) is 5. The summed E-state index contributed by atoms with van der Waals surface area (Å²) in [6.07, 6.45) is 3.78. The van der Waals surface area contributed by atoms with Crippen molar-refractivity contribution in [2.24, 2.45) is 0 Å². The normalized spacial score (nSPS) is 16.0. The van der Waals surface area contributed by atoms with Gasteiger partial charge in [-0.3, -0.25) is 9.58 Å². The summed E-state index contributed by atoms with van der Waals surface area (Å²) in [7, 11) is 1.64. The van der Waals surface area contributed by atoms with Gasteiger partial charge in [-0.15, -0.1) is 0 Å². The molecule has 2 aromatic heterocycles. The van der Waals surface area contributed by atoms with E-state index in [4.69, 9.17) is 15.2 Å². The highest BCUT2D eigenvalue weighted by Crippen LogP contribution is 2.39. The lowest BCUT2D eigenvalue weighted by molar-refractivity contribution is 0.0570. The SMILES string of the molecule is COc1ccc(Cn2ncc(N)c2-c2cnn3c2N(C(=O)OC(C)(C)C)CCC3C)cc1. The van der Waals surface area contributed by atoms with E-state index in [2.05, 4.69) is 17.1 Å². The first-order chi connectivity index (χ1) is 15.2.